The molecule has 1 fully saturated rings. The summed E-state index contributed by atoms with van der Waals surface area (Å²) < 4.78 is 14.1. The van der Waals surface area contributed by atoms with E-state index in [1.54, 1.807) is 6.07 Å². The molecular formula is C23H29ClFN3O. The molecule has 2 aromatic carbocycles. The molecule has 6 heteroatoms. The predicted molar refractivity (Wildman–Crippen MR) is 117 cm³/mol. The van der Waals surface area contributed by atoms with Crippen molar-refractivity contribution in [1.82, 2.24) is 9.80 Å². The Kier molecular flexibility index (Phi) is 7.90. The van der Waals surface area contributed by atoms with E-state index < -0.39 is 5.82 Å². The summed E-state index contributed by atoms with van der Waals surface area (Å²) in [6, 6.07) is 14.7. The first-order valence-corrected chi connectivity index (χ1v) is 10.7. The van der Waals surface area contributed by atoms with E-state index in [9.17, 15) is 9.18 Å². The van der Waals surface area contributed by atoms with Crippen molar-refractivity contribution in [3.05, 3.63) is 64.9 Å². The van der Waals surface area contributed by atoms with E-state index in [1.165, 1.54) is 17.7 Å². The minimum atomic E-state index is -0.515. The van der Waals surface area contributed by atoms with Gasteiger partial charge in [0.05, 0.1) is 5.69 Å². The molecule has 1 N–H and O–H groups in total. The van der Waals surface area contributed by atoms with E-state index in [2.05, 4.69) is 41.4 Å². The number of carbonyl (C=O) groups excluding carboxylic acids is 1. The van der Waals surface area contributed by atoms with E-state index in [1.807, 2.05) is 11.0 Å². The molecular weight excluding hydrogens is 389 g/mol. The van der Waals surface area contributed by atoms with Gasteiger partial charge in [0.15, 0.2) is 0 Å². The number of hydrogen-bond acceptors (Lipinski definition) is 2. The maximum atomic E-state index is 14.1. The second-order valence-electron chi connectivity index (χ2n) is 7.59. The lowest BCUT2D eigenvalue weighted by atomic mass is 10.0. The number of rotatable bonds is 7. The van der Waals surface area contributed by atoms with Gasteiger partial charge in [-0.1, -0.05) is 55.3 Å². The van der Waals surface area contributed by atoms with E-state index in [0.29, 0.717) is 11.6 Å². The summed E-state index contributed by atoms with van der Waals surface area (Å²) in [6.07, 6.45) is 3.78. The van der Waals surface area contributed by atoms with Crippen molar-refractivity contribution >= 4 is 23.3 Å². The van der Waals surface area contributed by atoms with Gasteiger partial charge < -0.3 is 10.2 Å². The average Bonchev–Trinajstić information content (AvgIpc) is 2.72. The number of nitrogens with one attached hydrogen (secondary N) is 1. The quantitative estimate of drug-likeness (QED) is 0.620. The standard InChI is InChI=1S/C23H29ClFN3O/c1-2-3-13-28(23(29)26-22-10-9-19(24)16-21(22)25)20-11-14-27(15-12-20)17-18-7-5-4-6-8-18/h4-10,16,20H,2-3,11-15,17H2,1H3,(H,26,29). The van der Waals surface area contributed by atoms with Gasteiger partial charge >= 0.3 is 6.03 Å². The van der Waals surface area contributed by atoms with Crippen molar-refractivity contribution in [2.75, 3.05) is 25.0 Å². The van der Waals surface area contributed by atoms with Gasteiger partial charge in [-0.2, -0.15) is 0 Å². The van der Waals surface area contributed by atoms with Crippen molar-refractivity contribution in [3.8, 4) is 0 Å². The van der Waals surface area contributed by atoms with Gasteiger partial charge in [0.2, 0.25) is 0 Å². The maximum Gasteiger partial charge on any atom is 0.322 e. The summed E-state index contributed by atoms with van der Waals surface area (Å²) in [5.41, 5.74) is 1.48. The average molecular weight is 418 g/mol. The summed E-state index contributed by atoms with van der Waals surface area (Å²) in [7, 11) is 0. The number of benzene rings is 2. The minimum Gasteiger partial charge on any atom is -0.321 e. The number of unbranched alkanes of at least 4 members (excludes halogenated alkanes) is 1. The highest BCUT2D eigenvalue weighted by Gasteiger charge is 2.28. The topological polar surface area (TPSA) is 35.6 Å². The molecule has 156 valence electrons. The Labute approximate surface area is 177 Å². The summed E-state index contributed by atoms with van der Waals surface area (Å²) in [5, 5.41) is 3.05. The van der Waals surface area contributed by atoms with Crippen molar-refractivity contribution in [3.63, 3.8) is 0 Å². The van der Waals surface area contributed by atoms with Crippen molar-refractivity contribution in [1.29, 1.82) is 0 Å². The Morgan fingerprint density at radius 1 is 1.21 bits per heavy atom. The highest BCUT2D eigenvalue weighted by Crippen LogP contribution is 2.23. The first kappa shape index (κ1) is 21.6. The Bertz CT molecular complexity index is 794. The smallest absolute Gasteiger partial charge is 0.321 e. The number of halogens is 2. The Balaban J connectivity index is 1.60. The molecule has 2 aromatic rings. The van der Waals surface area contributed by atoms with Gasteiger partial charge in [-0.25, -0.2) is 9.18 Å². The molecule has 1 saturated heterocycles. The Morgan fingerprint density at radius 3 is 2.59 bits per heavy atom. The fourth-order valence-corrected chi connectivity index (χ4v) is 3.95. The van der Waals surface area contributed by atoms with Gasteiger partial charge in [0.1, 0.15) is 5.82 Å². The molecule has 0 bridgehead atoms. The van der Waals surface area contributed by atoms with Gasteiger partial charge in [-0.3, -0.25) is 4.90 Å². The zero-order valence-corrected chi connectivity index (χ0v) is 17.7. The molecule has 0 radical (unpaired) electrons. The number of nitrogens with zero attached hydrogens (tertiary/aromatic N) is 2. The van der Waals surface area contributed by atoms with Crippen molar-refractivity contribution in [2.24, 2.45) is 0 Å². The second kappa shape index (κ2) is 10.6. The maximum absolute atomic E-state index is 14.1. The number of amides is 2. The number of urea groups is 1. The van der Waals surface area contributed by atoms with E-state index >= 15 is 0 Å². The SMILES string of the molecule is CCCCN(C(=O)Nc1ccc(Cl)cc1F)C1CCN(Cc2ccccc2)CC1. The molecule has 0 spiro atoms. The number of anilines is 1. The van der Waals surface area contributed by atoms with Crippen LogP contribution in [0.15, 0.2) is 48.5 Å². The number of hydrogen-bond donors (Lipinski definition) is 1. The lowest BCUT2D eigenvalue weighted by Crippen LogP contribution is -2.49. The molecule has 4 nitrogen and oxygen atoms in total. The third-order valence-corrected chi connectivity index (χ3v) is 5.67. The monoisotopic (exact) mass is 417 g/mol. The molecule has 3 rings (SSSR count). The van der Waals surface area contributed by atoms with Crippen molar-refractivity contribution < 1.29 is 9.18 Å². The van der Waals surface area contributed by atoms with Crippen molar-refractivity contribution in [2.45, 2.75) is 45.2 Å². The normalized spacial score (nSPS) is 15.3. The second-order valence-corrected chi connectivity index (χ2v) is 8.03. The Morgan fingerprint density at radius 2 is 1.93 bits per heavy atom. The highest BCUT2D eigenvalue weighted by molar-refractivity contribution is 6.30. The third kappa shape index (κ3) is 6.18. The molecule has 0 aliphatic carbocycles. The van der Waals surface area contributed by atoms with Crippen LogP contribution in [-0.4, -0.2) is 41.5 Å². The van der Waals surface area contributed by atoms with Gasteiger partial charge in [0, 0.05) is 37.2 Å². The summed E-state index contributed by atoms with van der Waals surface area (Å²) in [5.74, 6) is -0.515. The first-order chi connectivity index (χ1) is 14.1. The van der Waals surface area contributed by atoms with Crippen LogP contribution >= 0.6 is 11.6 Å². The van der Waals surface area contributed by atoms with Crippen LogP contribution in [0.4, 0.5) is 14.9 Å². The third-order valence-electron chi connectivity index (χ3n) is 5.43. The molecule has 29 heavy (non-hydrogen) atoms. The van der Waals surface area contributed by atoms with E-state index in [0.717, 1.165) is 45.3 Å². The highest BCUT2D eigenvalue weighted by atomic mass is 35.5. The fraction of sp³-hybridized carbons (Fsp3) is 0.435. The molecule has 0 aromatic heterocycles. The molecule has 1 heterocycles. The van der Waals surface area contributed by atoms with Gasteiger partial charge in [0.25, 0.3) is 0 Å². The van der Waals surface area contributed by atoms with Crippen LogP contribution in [-0.2, 0) is 6.54 Å². The Hall–Kier alpha value is -2.11. The van der Waals surface area contributed by atoms with E-state index in [4.69, 9.17) is 11.6 Å². The summed E-state index contributed by atoms with van der Waals surface area (Å²) in [6.45, 7) is 5.62. The van der Waals surface area contributed by atoms with Crippen LogP contribution in [0, 0.1) is 5.82 Å². The fourth-order valence-electron chi connectivity index (χ4n) is 3.79. The number of carbonyl (C=O) groups is 1. The molecule has 0 saturated carbocycles. The molecule has 0 unspecified atom stereocenters. The van der Waals surface area contributed by atoms with Gasteiger partial charge in [-0.15, -0.1) is 0 Å². The van der Waals surface area contributed by atoms with Crippen LogP contribution in [0.2, 0.25) is 5.02 Å². The lowest BCUT2D eigenvalue weighted by molar-refractivity contribution is 0.122. The van der Waals surface area contributed by atoms with Crippen LogP contribution in [0.3, 0.4) is 0 Å². The number of piperidine rings is 1. The van der Waals surface area contributed by atoms with Crippen LogP contribution in [0.1, 0.15) is 38.2 Å². The predicted octanol–water partition coefficient (Wildman–Crippen LogP) is 5.78. The molecule has 1 aliphatic heterocycles. The molecule has 2 amide bonds. The van der Waals surface area contributed by atoms with Gasteiger partial charge in [-0.05, 0) is 43.0 Å². The zero-order valence-electron chi connectivity index (χ0n) is 16.9. The van der Waals surface area contributed by atoms with Crippen LogP contribution in [0.5, 0.6) is 0 Å². The summed E-state index contributed by atoms with van der Waals surface area (Å²) >= 11 is 5.81. The first-order valence-electron chi connectivity index (χ1n) is 10.4. The lowest BCUT2D eigenvalue weighted by Gasteiger charge is -2.38. The van der Waals surface area contributed by atoms with Crippen LogP contribution in [0.25, 0.3) is 0 Å². The minimum absolute atomic E-state index is 0.169. The number of likely N-dealkylation sites (tertiary alicyclic amines) is 1. The summed E-state index contributed by atoms with van der Waals surface area (Å²) in [4.78, 5) is 17.2. The largest absolute Gasteiger partial charge is 0.322 e. The zero-order chi connectivity index (χ0) is 20.6. The molecule has 1 aliphatic rings. The molecule has 0 atom stereocenters. The van der Waals surface area contributed by atoms with Crippen LogP contribution < -0.4 is 5.32 Å². The van der Waals surface area contributed by atoms with E-state index in [-0.39, 0.29) is 17.8 Å².